The molecule has 3 aromatic rings. The Kier molecular flexibility index (Phi) is 3.66. The second-order valence-corrected chi connectivity index (χ2v) is 6.56. The number of H-pyrrole nitrogens is 1. The van der Waals surface area contributed by atoms with Gasteiger partial charge in [0.2, 0.25) is 11.9 Å². The van der Waals surface area contributed by atoms with Crippen LogP contribution in [0.15, 0.2) is 30.6 Å². The van der Waals surface area contributed by atoms with Gasteiger partial charge in [0.15, 0.2) is 5.13 Å². The smallest absolute Gasteiger partial charge is 0.229 e. The number of thiazole rings is 1. The van der Waals surface area contributed by atoms with Crippen LogP contribution in [0.4, 0.5) is 11.1 Å². The maximum atomic E-state index is 12.2. The van der Waals surface area contributed by atoms with E-state index in [0.29, 0.717) is 5.95 Å². The fourth-order valence-electron chi connectivity index (χ4n) is 2.81. The number of benzene rings is 1. The summed E-state index contributed by atoms with van der Waals surface area (Å²) >= 11 is 1.71. The van der Waals surface area contributed by atoms with Gasteiger partial charge in [-0.25, -0.2) is 10.1 Å². The Morgan fingerprint density at radius 2 is 2.13 bits per heavy atom. The van der Waals surface area contributed by atoms with E-state index in [4.69, 9.17) is 0 Å². The quantitative estimate of drug-likeness (QED) is 0.770. The lowest BCUT2D eigenvalue weighted by molar-refractivity contribution is -0.120. The number of fused-ring (bicyclic) bond motifs is 1. The van der Waals surface area contributed by atoms with Crippen molar-refractivity contribution in [2.75, 3.05) is 23.3 Å². The number of aromatic nitrogens is 4. The molecule has 1 aliphatic rings. The predicted molar refractivity (Wildman–Crippen MR) is 89.6 cm³/mol. The minimum atomic E-state index is 0.00528. The van der Waals surface area contributed by atoms with Crippen molar-refractivity contribution in [3.8, 4) is 0 Å². The summed E-state index contributed by atoms with van der Waals surface area (Å²) in [5.74, 6) is 0.417. The fourth-order valence-corrected chi connectivity index (χ4v) is 3.83. The van der Waals surface area contributed by atoms with Crippen LogP contribution in [0.2, 0.25) is 0 Å². The van der Waals surface area contributed by atoms with E-state index in [1.807, 2.05) is 18.2 Å². The number of piperidine rings is 1. The average Bonchev–Trinajstić information content (AvgIpc) is 3.24. The normalized spacial score (nSPS) is 15.9. The molecule has 0 atom stereocenters. The first-order valence-corrected chi connectivity index (χ1v) is 8.38. The topological polar surface area (TPSA) is 86.8 Å². The van der Waals surface area contributed by atoms with E-state index in [9.17, 15) is 4.79 Å². The van der Waals surface area contributed by atoms with Gasteiger partial charge in [-0.15, -0.1) is 0 Å². The Balaban J connectivity index is 1.39. The van der Waals surface area contributed by atoms with Crippen molar-refractivity contribution in [1.29, 1.82) is 0 Å². The van der Waals surface area contributed by atoms with E-state index in [1.54, 1.807) is 11.3 Å². The Labute approximate surface area is 136 Å². The van der Waals surface area contributed by atoms with Gasteiger partial charge in [0.05, 0.1) is 10.2 Å². The molecule has 118 valence electrons. The monoisotopic (exact) mass is 328 g/mol. The highest BCUT2D eigenvalue weighted by Crippen LogP contribution is 2.31. The van der Waals surface area contributed by atoms with Gasteiger partial charge in [0, 0.05) is 19.0 Å². The van der Waals surface area contributed by atoms with E-state index in [2.05, 4.69) is 36.4 Å². The number of nitrogens with one attached hydrogen (secondary N) is 2. The lowest BCUT2D eigenvalue weighted by atomic mass is 9.96. The van der Waals surface area contributed by atoms with Crippen LogP contribution in [-0.4, -0.2) is 39.2 Å². The fraction of sp³-hybridized carbons (Fsp3) is 0.333. The SMILES string of the molecule is O=C(Nc1ncn[nH]1)C1CCN(c2nc3ccccc3s2)CC1. The highest BCUT2D eigenvalue weighted by molar-refractivity contribution is 7.22. The van der Waals surface area contributed by atoms with Gasteiger partial charge in [-0.1, -0.05) is 23.5 Å². The average molecular weight is 328 g/mol. The first-order valence-electron chi connectivity index (χ1n) is 7.56. The number of nitrogens with zero attached hydrogens (tertiary/aromatic N) is 4. The largest absolute Gasteiger partial charge is 0.348 e. The highest BCUT2D eigenvalue weighted by Gasteiger charge is 2.26. The molecule has 0 bridgehead atoms. The minimum Gasteiger partial charge on any atom is -0.348 e. The summed E-state index contributed by atoms with van der Waals surface area (Å²) < 4.78 is 1.20. The molecule has 3 heterocycles. The minimum absolute atomic E-state index is 0.00528. The zero-order chi connectivity index (χ0) is 15.6. The standard InChI is InChI=1S/C15H16N6OS/c22-13(19-14-16-9-17-20-14)10-5-7-21(8-6-10)15-18-11-3-1-2-4-12(11)23-15/h1-4,9-10H,5-8H2,(H2,16,17,19,20,22). The molecule has 0 radical (unpaired) electrons. The summed E-state index contributed by atoms with van der Waals surface area (Å²) in [6, 6.07) is 8.16. The zero-order valence-electron chi connectivity index (χ0n) is 12.4. The molecular weight excluding hydrogens is 312 g/mol. The Morgan fingerprint density at radius 3 is 2.87 bits per heavy atom. The van der Waals surface area contributed by atoms with Crippen molar-refractivity contribution in [3.05, 3.63) is 30.6 Å². The van der Waals surface area contributed by atoms with Gasteiger partial charge in [-0.2, -0.15) is 10.1 Å². The van der Waals surface area contributed by atoms with Gasteiger partial charge in [0.1, 0.15) is 6.33 Å². The molecule has 1 fully saturated rings. The molecule has 0 spiro atoms. The molecule has 2 N–H and O–H groups in total. The van der Waals surface area contributed by atoms with Gasteiger partial charge < -0.3 is 4.90 Å². The molecule has 8 heteroatoms. The van der Waals surface area contributed by atoms with Crippen LogP contribution in [0.1, 0.15) is 12.8 Å². The highest BCUT2D eigenvalue weighted by atomic mass is 32.1. The predicted octanol–water partition coefficient (Wildman–Crippen LogP) is 2.27. The first-order chi connectivity index (χ1) is 11.3. The molecule has 0 saturated carbocycles. The Morgan fingerprint density at radius 1 is 1.30 bits per heavy atom. The molecule has 1 aromatic carbocycles. The number of para-hydroxylation sites is 1. The van der Waals surface area contributed by atoms with Crippen molar-refractivity contribution in [2.45, 2.75) is 12.8 Å². The lowest BCUT2D eigenvalue weighted by Crippen LogP contribution is -2.38. The van der Waals surface area contributed by atoms with Gasteiger partial charge >= 0.3 is 0 Å². The maximum Gasteiger partial charge on any atom is 0.229 e. The zero-order valence-corrected chi connectivity index (χ0v) is 13.2. The third-order valence-electron chi connectivity index (χ3n) is 4.08. The number of carbonyl (C=O) groups is 1. The molecule has 2 aromatic heterocycles. The maximum absolute atomic E-state index is 12.2. The molecule has 7 nitrogen and oxygen atoms in total. The van der Waals surface area contributed by atoms with Crippen LogP contribution >= 0.6 is 11.3 Å². The van der Waals surface area contributed by atoms with Crippen LogP contribution in [-0.2, 0) is 4.79 Å². The summed E-state index contributed by atoms with van der Waals surface area (Å²) in [7, 11) is 0. The number of amides is 1. The molecule has 1 aliphatic heterocycles. The number of rotatable bonds is 3. The Hall–Kier alpha value is -2.48. The van der Waals surface area contributed by atoms with E-state index in [-0.39, 0.29) is 11.8 Å². The van der Waals surface area contributed by atoms with Crippen molar-refractivity contribution < 1.29 is 4.79 Å². The van der Waals surface area contributed by atoms with Crippen LogP contribution in [0.25, 0.3) is 10.2 Å². The molecule has 4 rings (SSSR count). The molecular formula is C15H16N6OS. The van der Waals surface area contributed by atoms with Crippen LogP contribution in [0, 0.1) is 5.92 Å². The summed E-state index contributed by atoms with van der Waals surface area (Å²) in [6.45, 7) is 1.68. The molecule has 23 heavy (non-hydrogen) atoms. The molecule has 1 amide bonds. The third-order valence-corrected chi connectivity index (χ3v) is 5.17. The Bertz CT molecular complexity index is 773. The van der Waals surface area contributed by atoms with E-state index in [1.165, 1.54) is 11.0 Å². The second kappa shape index (κ2) is 5.96. The first kappa shape index (κ1) is 14.1. The number of anilines is 2. The molecule has 1 saturated heterocycles. The number of aromatic amines is 1. The van der Waals surface area contributed by atoms with Crippen molar-refractivity contribution in [1.82, 2.24) is 20.2 Å². The van der Waals surface area contributed by atoms with E-state index in [0.717, 1.165) is 36.6 Å². The van der Waals surface area contributed by atoms with Crippen molar-refractivity contribution >= 4 is 38.5 Å². The van der Waals surface area contributed by atoms with Gasteiger partial charge in [-0.3, -0.25) is 10.1 Å². The van der Waals surface area contributed by atoms with Crippen molar-refractivity contribution in [3.63, 3.8) is 0 Å². The molecule has 0 aliphatic carbocycles. The number of hydrogen-bond acceptors (Lipinski definition) is 6. The summed E-state index contributed by atoms with van der Waals surface area (Å²) in [4.78, 5) is 23.1. The lowest BCUT2D eigenvalue weighted by Gasteiger charge is -2.30. The van der Waals surface area contributed by atoms with Crippen LogP contribution in [0.3, 0.4) is 0 Å². The van der Waals surface area contributed by atoms with Gasteiger partial charge in [-0.05, 0) is 25.0 Å². The summed E-state index contributed by atoms with van der Waals surface area (Å²) in [6.07, 6.45) is 3.01. The summed E-state index contributed by atoms with van der Waals surface area (Å²) in [5, 5.41) is 10.2. The summed E-state index contributed by atoms with van der Waals surface area (Å²) in [5.41, 5.74) is 1.04. The van der Waals surface area contributed by atoms with E-state index < -0.39 is 0 Å². The second-order valence-electron chi connectivity index (χ2n) is 5.55. The van der Waals surface area contributed by atoms with E-state index >= 15 is 0 Å². The third kappa shape index (κ3) is 2.89. The van der Waals surface area contributed by atoms with Crippen LogP contribution in [0.5, 0.6) is 0 Å². The number of carbonyl (C=O) groups excluding carboxylic acids is 1. The van der Waals surface area contributed by atoms with Crippen LogP contribution < -0.4 is 10.2 Å². The number of hydrogen-bond donors (Lipinski definition) is 2. The van der Waals surface area contributed by atoms with Gasteiger partial charge in [0.25, 0.3) is 0 Å². The molecule has 0 unspecified atom stereocenters. The van der Waals surface area contributed by atoms with Crippen molar-refractivity contribution in [2.24, 2.45) is 5.92 Å².